The number of benzene rings is 1. The lowest BCUT2D eigenvalue weighted by atomic mass is 10.2. The molecule has 0 aliphatic rings. The lowest BCUT2D eigenvalue weighted by Gasteiger charge is -2.08. The highest BCUT2D eigenvalue weighted by Gasteiger charge is 2.09. The molecule has 0 amide bonds. The Morgan fingerprint density at radius 1 is 1.37 bits per heavy atom. The minimum absolute atomic E-state index is 0.481. The van der Waals surface area contributed by atoms with Crippen molar-refractivity contribution in [3.63, 3.8) is 0 Å². The lowest BCUT2D eigenvalue weighted by Crippen LogP contribution is -2.04. The van der Waals surface area contributed by atoms with Gasteiger partial charge in [-0.15, -0.1) is 11.3 Å². The molecule has 0 radical (unpaired) electrons. The highest BCUT2D eigenvalue weighted by Crippen LogP contribution is 2.24. The van der Waals surface area contributed by atoms with E-state index in [2.05, 4.69) is 6.07 Å². The fourth-order valence-electron chi connectivity index (χ4n) is 1.77. The van der Waals surface area contributed by atoms with E-state index in [4.69, 9.17) is 16.3 Å². The van der Waals surface area contributed by atoms with Gasteiger partial charge in [-0.1, -0.05) is 17.7 Å². The first-order valence-electron chi connectivity index (χ1n) is 5.89. The van der Waals surface area contributed by atoms with Crippen molar-refractivity contribution in [1.82, 2.24) is 0 Å². The maximum atomic E-state index is 12.1. The topological polar surface area (TPSA) is 26.3 Å². The first-order valence-corrected chi connectivity index (χ1v) is 8.63. The van der Waals surface area contributed by atoms with E-state index >= 15 is 0 Å². The van der Waals surface area contributed by atoms with Crippen molar-refractivity contribution in [1.29, 1.82) is 0 Å². The van der Waals surface area contributed by atoms with Crippen LogP contribution in [0.25, 0.3) is 0 Å². The molecule has 0 fully saturated rings. The summed E-state index contributed by atoms with van der Waals surface area (Å²) in [7, 11) is 0.705. The van der Waals surface area contributed by atoms with Crippen molar-refractivity contribution < 1.29 is 8.95 Å². The smallest absolute Gasteiger partial charge is 0.123 e. The van der Waals surface area contributed by atoms with Crippen LogP contribution in [-0.4, -0.2) is 17.1 Å². The van der Waals surface area contributed by atoms with E-state index < -0.39 is 10.8 Å². The minimum Gasteiger partial charge on any atom is -0.496 e. The van der Waals surface area contributed by atoms with Gasteiger partial charge in [0.1, 0.15) is 5.75 Å². The number of ether oxygens (including phenoxy) is 1. The van der Waals surface area contributed by atoms with Crippen molar-refractivity contribution >= 4 is 33.7 Å². The molecule has 1 aromatic heterocycles. The molecule has 2 nitrogen and oxygen atoms in total. The summed E-state index contributed by atoms with van der Waals surface area (Å²) >= 11 is 7.66. The summed E-state index contributed by atoms with van der Waals surface area (Å²) in [6.07, 6.45) is 0.854. The zero-order valence-corrected chi connectivity index (χ0v) is 13.0. The Morgan fingerprint density at radius 3 is 2.89 bits per heavy atom. The molecule has 0 unspecified atom stereocenters. The Morgan fingerprint density at radius 2 is 2.21 bits per heavy atom. The molecule has 19 heavy (non-hydrogen) atoms. The average Bonchev–Trinajstić information content (AvgIpc) is 2.90. The van der Waals surface area contributed by atoms with Crippen LogP contribution < -0.4 is 4.74 Å². The molecular formula is C14H15ClO2S2. The lowest BCUT2D eigenvalue weighted by molar-refractivity contribution is 0.411. The molecule has 0 bridgehead atoms. The fourth-order valence-corrected chi connectivity index (χ4v) is 3.97. The van der Waals surface area contributed by atoms with E-state index in [1.807, 2.05) is 23.6 Å². The third kappa shape index (κ3) is 4.34. The predicted octanol–water partition coefficient (Wildman–Crippen LogP) is 3.90. The summed E-state index contributed by atoms with van der Waals surface area (Å²) in [6.45, 7) is 0. The van der Waals surface area contributed by atoms with Crippen LogP contribution in [0, 0.1) is 0 Å². The second kappa shape index (κ2) is 7.08. The first-order chi connectivity index (χ1) is 9.19. The Labute approximate surface area is 124 Å². The molecule has 2 aromatic rings. The molecule has 0 saturated carbocycles. The van der Waals surface area contributed by atoms with Gasteiger partial charge in [0.15, 0.2) is 0 Å². The van der Waals surface area contributed by atoms with Crippen molar-refractivity contribution in [2.24, 2.45) is 0 Å². The zero-order valence-electron chi connectivity index (χ0n) is 10.6. The number of thiophene rings is 1. The maximum absolute atomic E-state index is 12.1. The highest BCUT2D eigenvalue weighted by atomic mass is 35.5. The van der Waals surface area contributed by atoms with E-state index in [1.54, 1.807) is 24.5 Å². The minimum atomic E-state index is -0.908. The Hall–Kier alpha value is -0.840. The van der Waals surface area contributed by atoms with Gasteiger partial charge >= 0.3 is 0 Å². The van der Waals surface area contributed by atoms with Crippen molar-refractivity contribution in [2.45, 2.75) is 12.2 Å². The number of rotatable bonds is 6. The molecule has 102 valence electrons. The number of hydrogen-bond donors (Lipinski definition) is 0. The standard InChI is InChI=1S/C14H15ClO2S2/c1-17-14-5-4-12(15)9-11(14)10-19(16)8-6-13-3-2-7-18-13/h2-5,7,9H,6,8,10H2,1H3/t19-/m0/s1. The van der Waals surface area contributed by atoms with Crippen LogP contribution in [0.1, 0.15) is 10.4 Å². The van der Waals surface area contributed by atoms with E-state index in [1.165, 1.54) is 4.88 Å². The van der Waals surface area contributed by atoms with E-state index in [9.17, 15) is 4.21 Å². The fraction of sp³-hybridized carbons (Fsp3) is 0.286. The predicted molar refractivity (Wildman–Crippen MR) is 82.7 cm³/mol. The molecule has 0 saturated heterocycles. The summed E-state index contributed by atoms with van der Waals surface area (Å²) < 4.78 is 17.4. The monoisotopic (exact) mass is 314 g/mol. The molecule has 2 rings (SSSR count). The molecule has 0 aliphatic heterocycles. The van der Waals surface area contributed by atoms with Gasteiger partial charge in [-0.25, -0.2) is 0 Å². The normalized spacial score (nSPS) is 12.3. The molecule has 1 aromatic carbocycles. The Bertz CT molecular complexity index is 553. The molecule has 0 N–H and O–H groups in total. The summed E-state index contributed by atoms with van der Waals surface area (Å²) in [4.78, 5) is 1.27. The largest absolute Gasteiger partial charge is 0.496 e. The zero-order chi connectivity index (χ0) is 13.7. The van der Waals surface area contributed by atoms with Gasteiger partial charge in [-0.2, -0.15) is 0 Å². The van der Waals surface area contributed by atoms with Crippen molar-refractivity contribution in [3.05, 3.63) is 51.2 Å². The Kier molecular flexibility index (Phi) is 5.43. The summed E-state index contributed by atoms with van der Waals surface area (Å²) in [6, 6.07) is 9.50. The second-order valence-corrected chi connectivity index (χ2v) is 7.12. The number of halogens is 1. The highest BCUT2D eigenvalue weighted by molar-refractivity contribution is 7.84. The van der Waals surface area contributed by atoms with E-state index in [0.717, 1.165) is 17.7 Å². The molecule has 1 atom stereocenters. The van der Waals surface area contributed by atoms with Crippen LogP contribution in [0.2, 0.25) is 5.02 Å². The van der Waals surface area contributed by atoms with Gasteiger partial charge in [0.25, 0.3) is 0 Å². The number of methoxy groups -OCH3 is 1. The van der Waals surface area contributed by atoms with Gasteiger partial charge in [-0.05, 0) is 36.1 Å². The third-order valence-corrected chi connectivity index (χ3v) is 5.18. The van der Waals surface area contributed by atoms with Crippen molar-refractivity contribution in [2.75, 3.05) is 12.9 Å². The second-order valence-electron chi connectivity index (χ2n) is 4.07. The number of aryl methyl sites for hydroxylation is 1. The van der Waals surface area contributed by atoms with Crippen LogP contribution in [0.3, 0.4) is 0 Å². The SMILES string of the molecule is COc1ccc(Cl)cc1C[S@@](=O)CCc1cccs1. The molecule has 1 heterocycles. The van der Waals surface area contributed by atoms with Crippen LogP contribution in [0.4, 0.5) is 0 Å². The molecule has 0 aliphatic carbocycles. The van der Waals surface area contributed by atoms with Gasteiger partial charge in [-0.3, -0.25) is 4.21 Å². The van der Waals surface area contributed by atoms with Crippen LogP contribution in [0.5, 0.6) is 5.75 Å². The van der Waals surface area contributed by atoms with Crippen LogP contribution >= 0.6 is 22.9 Å². The summed E-state index contributed by atoms with van der Waals surface area (Å²) in [5, 5.41) is 2.68. The Balaban J connectivity index is 1.96. The summed E-state index contributed by atoms with van der Waals surface area (Å²) in [5.41, 5.74) is 0.902. The van der Waals surface area contributed by atoms with Gasteiger partial charge in [0, 0.05) is 32.0 Å². The van der Waals surface area contributed by atoms with Gasteiger partial charge in [0.05, 0.1) is 12.9 Å². The van der Waals surface area contributed by atoms with Gasteiger partial charge in [0.2, 0.25) is 0 Å². The third-order valence-electron chi connectivity index (χ3n) is 2.72. The molecule has 0 spiro atoms. The maximum Gasteiger partial charge on any atom is 0.123 e. The average molecular weight is 315 g/mol. The van der Waals surface area contributed by atoms with Crippen LogP contribution in [-0.2, 0) is 23.0 Å². The van der Waals surface area contributed by atoms with Crippen molar-refractivity contribution in [3.8, 4) is 5.75 Å². The van der Waals surface area contributed by atoms with Crippen LogP contribution in [0.15, 0.2) is 35.7 Å². The number of hydrogen-bond acceptors (Lipinski definition) is 3. The molecular weight excluding hydrogens is 300 g/mol. The summed E-state index contributed by atoms with van der Waals surface area (Å²) in [5.74, 6) is 1.89. The first kappa shape index (κ1) is 14.6. The van der Waals surface area contributed by atoms with E-state index in [0.29, 0.717) is 16.5 Å². The quantitative estimate of drug-likeness (QED) is 0.808. The van der Waals surface area contributed by atoms with E-state index in [-0.39, 0.29) is 0 Å². The molecule has 5 heteroatoms. The van der Waals surface area contributed by atoms with Gasteiger partial charge < -0.3 is 4.74 Å².